The zero-order chi connectivity index (χ0) is 24.9. The summed E-state index contributed by atoms with van der Waals surface area (Å²) in [6.45, 7) is 6.35. The quantitative estimate of drug-likeness (QED) is 0.376. The molecule has 0 spiro atoms. The van der Waals surface area contributed by atoms with E-state index in [1.165, 1.54) is 35.5 Å². The van der Waals surface area contributed by atoms with Crippen LogP contribution in [0.25, 0.3) is 11.0 Å². The number of carbonyl (C=O) groups is 1. The number of benzene rings is 2. The fourth-order valence-electron chi connectivity index (χ4n) is 4.07. The van der Waals surface area contributed by atoms with Crippen LogP contribution in [0.3, 0.4) is 0 Å². The van der Waals surface area contributed by atoms with Gasteiger partial charge in [0.05, 0.1) is 30.7 Å². The first-order chi connectivity index (χ1) is 16.8. The number of carbonyl (C=O) groups excluding carboxylic acids is 1. The van der Waals surface area contributed by atoms with E-state index in [9.17, 15) is 14.0 Å². The smallest absolute Gasteiger partial charge is 0.297 e. The highest BCUT2D eigenvalue weighted by atomic mass is 32.1. The molecule has 0 saturated heterocycles. The van der Waals surface area contributed by atoms with Crippen LogP contribution in [0, 0.1) is 18.7 Å². The fourth-order valence-corrected chi connectivity index (χ4v) is 4.79. The minimum Gasteiger partial charge on any atom is -0.493 e. The number of amides is 1. The van der Waals surface area contributed by atoms with Crippen molar-refractivity contribution in [2.24, 2.45) is 5.92 Å². The van der Waals surface area contributed by atoms with Gasteiger partial charge in [-0.25, -0.2) is 4.39 Å². The molecule has 8 nitrogen and oxygen atoms in total. The maximum absolute atomic E-state index is 14.0. The summed E-state index contributed by atoms with van der Waals surface area (Å²) in [6, 6.07) is 7.99. The number of fused-ring (bicyclic) bond motifs is 2. The number of hydrogen-bond donors (Lipinski definition) is 0. The SMILES string of the molecule is COc1cc(C2c3c(oc4ccc(F)cc4c3=O)C(=O)N2c2nnc(C)s2)ccc1OCC(C)C. The molecule has 1 atom stereocenters. The van der Waals surface area contributed by atoms with Crippen LogP contribution >= 0.6 is 11.3 Å². The number of aromatic nitrogens is 2. The maximum Gasteiger partial charge on any atom is 0.297 e. The van der Waals surface area contributed by atoms with Crippen molar-refractivity contribution in [3.8, 4) is 11.5 Å². The van der Waals surface area contributed by atoms with Gasteiger partial charge in [0.25, 0.3) is 5.91 Å². The van der Waals surface area contributed by atoms with Gasteiger partial charge in [-0.3, -0.25) is 14.5 Å². The molecule has 1 aliphatic heterocycles. The number of ether oxygens (including phenoxy) is 2. The molecule has 2 aromatic heterocycles. The zero-order valence-corrected chi connectivity index (χ0v) is 20.3. The highest BCUT2D eigenvalue weighted by Gasteiger charge is 2.45. The van der Waals surface area contributed by atoms with Crippen LogP contribution < -0.4 is 19.8 Å². The second kappa shape index (κ2) is 8.77. The number of rotatable bonds is 6. The molecule has 0 aliphatic carbocycles. The number of methoxy groups -OCH3 is 1. The normalized spacial score (nSPS) is 15.2. The summed E-state index contributed by atoms with van der Waals surface area (Å²) >= 11 is 1.22. The maximum atomic E-state index is 14.0. The monoisotopic (exact) mass is 495 g/mol. The summed E-state index contributed by atoms with van der Waals surface area (Å²) in [4.78, 5) is 28.5. The Morgan fingerprint density at radius 3 is 2.63 bits per heavy atom. The lowest BCUT2D eigenvalue weighted by Crippen LogP contribution is -2.29. The Labute approximate surface area is 203 Å². The van der Waals surface area contributed by atoms with Gasteiger partial charge in [-0.2, -0.15) is 0 Å². The molecule has 3 heterocycles. The van der Waals surface area contributed by atoms with E-state index in [-0.39, 0.29) is 22.3 Å². The summed E-state index contributed by atoms with van der Waals surface area (Å²) in [5.74, 6) is 0.104. The third-order valence-electron chi connectivity index (χ3n) is 5.63. The van der Waals surface area contributed by atoms with Crippen LogP contribution in [-0.2, 0) is 0 Å². The highest BCUT2D eigenvalue weighted by molar-refractivity contribution is 7.15. The number of hydrogen-bond acceptors (Lipinski definition) is 8. The van der Waals surface area contributed by atoms with Crippen molar-refractivity contribution in [2.45, 2.75) is 26.8 Å². The van der Waals surface area contributed by atoms with Crippen LogP contribution in [0.5, 0.6) is 11.5 Å². The first kappa shape index (κ1) is 23.0. The first-order valence-electron chi connectivity index (χ1n) is 11.0. The number of anilines is 1. The van der Waals surface area contributed by atoms with Gasteiger partial charge in [-0.1, -0.05) is 31.3 Å². The van der Waals surface area contributed by atoms with Gasteiger partial charge in [-0.15, -0.1) is 10.2 Å². The molecule has 180 valence electrons. The van der Waals surface area contributed by atoms with E-state index >= 15 is 0 Å². The van der Waals surface area contributed by atoms with Gasteiger partial charge in [0.2, 0.25) is 10.9 Å². The Morgan fingerprint density at radius 2 is 1.94 bits per heavy atom. The van der Waals surface area contributed by atoms with Gasteiger partial charge in [0, 0.05) is 0 Å². The molecule has 1 aliphatic rings. The van der Waals surface area contributed by atoms with E-state index in [0.29, 0.717) is 39.7 Å². The van der Waals surface area contributed by atoms with Crippen molar-refractivity contribution < 1.29 is 23.1 Å². The van der Waals surface area contributed by atoms with Gasteiger partial charge in [0.1, 0.15) is 16.4 Å². The lowest BCUT2D eigenvalue weighted by Gasteiger charge is -2.23. The van der Waals surface area contributed by atoms with Gasteiger partial charge >= 0.3 is 0 Å². The topological polar surface area (TPSA) is 94.8 Å². The Hall–Kier alpha value is -3.79. The lowest BCUT2D eigenvalue weighted by atomic mass is 9.98. The van der Waals surface area contributed by atoms with Crippen LogP contribution in [0.2, 0.25) is 0 Å². The molecule has 0 fully saturated rings. The van der Waals surface area contributed by atoms with Crippen molar-refractivity contribution >= 4 is 33.3 Å². The number of aryl methyl sites for hydroxylation is 1. The minimum atomic E-state index is -0.873. The molecule has 2 aromatic carbocycles. The van der Waals surface area contributed by atoms with Crippen molar-refractivity contribution in [1.82, 2.24) is 10.2 Å². The van der Waals surface area contributed by atoms with E-state index < -0.39 is 23.2 Å². The van der Waals surface area contributed by atoms with Crippen LogP contribution in [0.1, 0.15) is 46.6 Å². The van der Waals surface area contributed by atoms with Crippen molar-refractivity contribution in [2.75, 3.05) is 18.6 Å². The summed E-state index contributed by atoms with van der Waals surface area (Å²) < 4.78 is 31.2. The standard InChI is InChI=1S/C25H22FN3O5S/c1-12(2)11-33-18-7-5-14(9-19(18)32-4)21-20-22(30)16-10-15(26)6-8-17(16)34-23(20)24(31)29(21)25-28-27-13(3)35-25/h5-10,12,21H,11H2,1-4H3. The third kappa shape index (κ3) is 3.93. The van der Waals surface area contributed by atoms with E-state index in [2.05, 4.69) is 10.2 Å². The average molecular weight is 496 g/mol. The Morgan fingerprint density at radius 1 is 1.14 bits per heavy atom. The molecular weight excluding hydrogens is 473 g/mol. The Bertz CT molecular complexity index is 1510. The predicted octanol–water partition coefficient (Wildman–Crippen LogP) is 4.89. The highest BCUT2D eigenvalue weighted by Crippen LogP contribution is 2.44. The largest absolute Gasteiger partial charge is 0.493 e. The summed E-state index contributed by atoms with van der Waals surface area (Å²) in [5.41, 5.74) is 0.343. The third-order valence-corrected chi connectivity index (χ3v) is 6.47. The van der Waals surface area contributed by atoms with Gasteiger partial charge < -0.3 is 13.9 Å². The van der Waals surface area contributed by atoms with Crippen molar-refractivity contribution in [3.63, 3.8) is 0 Å². The van der Waals surface area contributed by atoms with Gasteiger partial charge in [-0.05, 0) is 48.7 Å². The van der Waals surface area contributed by atoms with Crippen LogP contribution in [0.4, 0.5) is 9.52 Å². The lowest BCUT2D eigenvalue weighted by molar-refractivity contribution is 0.0970. The van der Waals surface area contributed by atoms with E-state index in [0.717, 1.165) is 6.07 Å². The molecule has 4 aromatic rings. The molecule has 10 heteroatoms. The molecule has 1 unspecified atom stereocenters. The average Bonchev–Trinajstić information content (AvgIpc) is 3.39. The summed E-state index contributed by atoms with van der Waals surface area (Å²) in [7, 11) is 1.52. The van der Waals surface area contributed by atoms with Crippen molar-refractivity contribution in [3.05, 3.63) is 74.3 Å². The molecule has 0 saturated carbocycles. The Balaban J connectivity index is 1.72. The molecule has 0 radical (unpaired) electrons. The second-order valence-corrected chi connectivity index (χ2v) is 9.77. The summed E-state index contributed by atoms with van der Waals surface area (Å²) in [6.07, 6.45) is 0. The fraction of sp³-hybridized carbons (Fsp3) is 0.280. The zero-order valence-electron chi connectivity index (χ0n) is 19.5. The van der Waals surface area contributed by atoms with E-state index in [4.69, 9.17) is 13.9 Å². The number of halogens is 1. The molecule has 0 N–H and O–H groups in total. The predicted molar refractivity (Wildman–Crippen MR) is 129 cm³/mol. The van der Waals surface area contributed by atoms with E-state index in [1.54, 1.807) is 25.1 Å². The summed E-state index contributed by atoms with van der Waals surface area (Å²) in [5, 5.41) is 9.21. The van der Waals surface area contributed by atoms with Crippen LogP contribution in [0.15, 0.2) is 45.6 Å². The molecule has 35 heavy (non-hydrogen) atoms. The van der Waals surface area contributed by atoms with Gasteiger partial charge in [0.15, 0.2) is 16.9 Å². The molecule has 1 amide bonds. The molecule has 0 bridgehead atoms. The molecule has 5 rings (SSSR count). The minimum absolute atomic E-state index is 0.0562. The van der Waals surface area contributed by atoms with Crippen molar-refractivity contribution in [1.29, 1.82) is 0 Å². The molecular formula is C25H22FN3O5S. The number of nitrogens with zero attached hydrogens (tertiary/aromatic N) is 3. The van der Waals surface area contributed by atoms with E-state index in [1.807, 2.05) is 13.8 Å². The van der Waals surface area contributed by atoms with Crippen LogP contribution in [-0.4, -0.2) is 29.8 Å². The first-order valence-corrected chi connectivity index (χ1v) is 11.8. The Kier molecular flexibility index (Phi) is 5.76. The second-order valence-electron chi connectivity index (χ2n) is 8.61.